The number of amides is 5. The first kappa shape index (κ1) is 45.9. The molecule has 0 saturated heterocycles. The molecule has 0 spiro atoms. The van der Waals surface area contributed by atoms with Gasteiger partial charge < -0.3 is 41.2 Å². The number of carbonyl (C=O) groups excluding carboxylic acids is 5. The summed E-state index contributed by atoms with van der Waals surface area (Å²) in [7, 11) is 0. The molecule has 2 aromatic carbocycles. The Bertz CT molecular complexity index is 1570. The van der Waals surface area contributed by atoms with Crippen molar-refractivity contribution in [2.75, 3.05) is 6.54 Å². The quantitative estimate of drug-likeness (QED) is 0.109. The number of halogens is 1. The van der Waals surface area contributed by atoms with Crippen molar-refractivity contribution in [3.8, 4) is 0 Å². The summed E-state index contributed by atoms with van der Waals surface area (Å²) in [5.41, 5.74) is -0.316. The highest BCUT2D eigenvalue weighted by molar-refractivity contribution is 5.95. The average molecular weight is 772 g/mol. The summed E-state index contributed by atoms with van der Waals surface area (Å²) in [5, 5.41) is 23.0. The molecule has 0 aliphatic rings. The minimum absolute atomic E-state index is 0.0131. The molecule has 2 aromatic rings. The van der Waals surface area contributed by atoms with E-state index in [1.807, 2.05) is 13.8 Å². The summed E-state index contributed by atoms with van der Waals surface area (Å²) in [6, 6.07) is 9.34. The van der Waals surface area contributed by atoms with Crippen molar-refractivity contribution in [1.82, 2.24) is 26.6 Å². The van der Waals surface area contributed by atoms with E-state index in [9.17, 15) is 38.3 Å². The number of nitrogens with one attached hydrogen (secondary N) is 5. The van der Waals surface area contributed by atoms with Crippen molar-refractivity contribution in [2.24, 2.45) is 5.92 Å². The third-order valence-corrected chi connectivity index (χ3v) is 7.82. The number of rotatable bonds is 19. The maximum Gasteiger partial charge on any atom is 0.408 e. The fourth-order valence-corrected chi connectivity index (χ4v) is 5.33. The molecular weight excluding hydrogens is 713 g/mol. The largest absolute Gasteiger partial charge is 0.480 e. The first-order valence-corrected chi connectivity index (χ1v) is 18.5. The lowest BCUT2D eigenvalue weighted by Gasteiger charge is -2.27. The van der Waals surface area contributed by atoms with Crippen molar-refractivity contribution in [3.05, 3.63) is 71.5 Å². The van der Waals surface area contributed by atoms with Gasteiger partial charge in [-0.2, -0.15) is 0 Å². The highest BCUT2D eigenvalue weighted by atomic mass is 19.1. The second-order valence-electron chi connectivity index (χ2n) is 15.8. The molecule has 2 rings (SSSR count). The summed E-state index contributed by atoms with van der Waals surface area (Å²) in [6.07, 6.45) is -0.509. The predicted octanol–water partition coefficient (Wildman–Crippen LogP) is 4.78. The van der Waals surface area contributed by atoms with Crippen molar-refractivity contribution in [1.29, 1.82) is 0 Å². The lowest BCUT2D eigenvalue weighted by molar-refractivity contribution is -0.142. The predicted molar refractivity (Wildman–Crippen MR) is 204 cm³/mol. The Hall–Kier alpha value is -5.21. The van der Waals surface area contributed by atoms with Crippen LogP contribution < -0.4 is 26.6 Å². The first-order chi connectivity index (χ1) is 25.6. The van der Waals surface area contributed by atoms with Crippen LogP contribution in [0.25, 0.3) is 0 Å². The van der Waals surface area contributed by atoms with Gasteiger partial charge in [0.2, 0.25) is 17.7 Å². The molecule has 0 heterocycles. The van der Waals surface area contributed by atoms with Crippen LogP contribution in [0, 0.1) is 11.7 Å². The fraction of sp³-hybridized carbons (Fsp3) is 0.550. The molecule has 304 valence electrons. The number of unbranched alkanes of at least 4 members (excludes halogenated alkanes) is 1. The summed E-state index contributed by atoms with van der Waals surface area (Å²) in [4.78, 5) is 78.3. The SMILES string of the molecule is CC(C)C[C@@H](NC(=O)[C@@H](Cc1ccccc1)NC(=O)[C@@H](Cc1ccc(F)cc1)NC(=O)OC(C)(C)C)C(=O)N[C@H](CCCCNC(=O)OC(C)(C)C)C(=O)O. The number of hydrogen-bond acceptors (Lipinski definition) is 8. The Morgan fingerprint density at radius 3 is 1.64 bits per heavy atom. The van der Waals surface area contributed by atoms with Gasteiger partial charge in [0.15, 0.2) is 0 Å². The van der Waals surface area contributed by atoms with E-state index < -0.39 is 77.1 Å². The minimum Gasteiger partial charge on any atom is -0.480 e. The molecule has 5 amide bonds. The van der Waals surface area contributed by atoms with Crippen LogP contribution in [0.5, 0.6) is 0 Å². The Morgan fingerprint density at radius 1 is 0.636 bits per heavy atom. The fourth-order valence-electron chi connectivity index (χ4n) is 5.33. The van der Waals surface area contributed by atoms with Gasteiger partial charge in [-0.05, 0) is 96.4 Å². The highest BCUT2D eigenvalue weighted by Gasteiger charge is 2.32. The van der Waals surface area contributed by atoms with Crippen molar-refractivity contribution in [3.63, 3.8) is 0 Å². The van der Waals surface area contributed by atoms with E-state index >= 15 is 0 Å². The molecule has 0 fully saturated rings. The van der Waals surface area contributed by atoms with E-state index in [2.05, 4.69) is 26.6 Å². The van der Waals surface area contributed by atoms with Crippen LogP contribution in [0.2, 0.25) is 0 Å². The van der Waals surface area contributed by atoms with Gasteiger partial charge in [0.25, 0.3) is 0 Å². The average Bonchev–Trinajstić information content (AvgIpc) is 3.06. The molecule has 15 heteroatoms. The zero-order valence-electron chi connectivity index (χ0n) is 33.1. The molecule has 0 radical (unpaired) electrons. The number of alkyl carbamates (subject to hydrolysis) is 2. The summed E-state index contributed by atoms with van der Waals surface area (Å²) in [5.74, 6) is -4.00. The summed E-state index contributed by atoms with van der Waals surface area (Å²) >= 11 is 0. The third-order valence-electron chi connectivity index (χ3n) is 7.82. The highest BCUT2D eigenvalue weighted by Crippen LogP contribution is 2.13. The van der Waals surface area contributed by atoms with E-state index in [0.29, 0.717) is 24.0 Å². The van der Waals surface area contributed by atoms with Crippen LogP contribution in [-0.2, 0) is 41.5 Å². The lowest BCUT2D eigenvalue weighted by atomic mass is 9.99. The molecule has 4 atom stereocenters. The molecule has 14 nitrogen and oxygen atoms in total. The van der Waals surface area contributed by atoms with Gasteiger partial charge in [0, 0.05) is 19.4 Å². The van der Waals surface area contributed by atoms with Gasteiger partial charge in [0.1, 0.15) is 41.2 Å². The van der Waals surface area contributed by atoms with E-state index in [0.717, 1.165) is 0 Å². The molecule has 0 aliphatic heterocycles. The number of carbonyl (C=O) groups is 6. The molecule has 0 bridgehead atoms. The Morgan fingerprint density at radius 2 is 1.11 bits per heavy atom. The van der Waals surface area contributed by atoms with E-state index in [4.69, 9.17) is 9.47 Å². The number of carboxylic acids is 1. The van der Waals surface area contributed by atoms with E-state index in [1.165, 1.54) is 24.3 Å². The smallest absolute Gasteiger partial charge is 0.408 e. The maximum atomic E-state index is 14.0. The van der Waals surface area contributed by atoms with Crippen LogP contribution >= 0.6 is 0 Å². The molecular formula is C40H58FN5O9. The monoisotopic (exact) mass is 771 g/mol. The molecule has 0 unspecified atom stereocenters. The zero-order chi connectivity index (χ0) is 41.3. The van der Waals surface area contributed by atoms with Crippen molar-refractivity contribution in [2.45, 2.75) is 129 Å². The van der Waals surface area contributed by atoms with Crippen LogP contribution in [0.1, 0.15) is 92.2 Å². The minimum atomic E-state index is -1.27. The van der Waals surface area contributed by atoms with E-state index in [-0.39, 0.29) is 38.1 Å². The van der Waals surface area contributed by atoms with E-state index in [1.54, 1.807) is 71.9 Å². The maximum absolute atomic E-state index is 14.0. The van der Waals surface area contributed by atoms with Gasteiger partial charge in [-0.25, -0.2) is 18.8 Å². The molecule has 0 aliphatic carbocycles. The summed E-state index contributed by atoms with van der Waals surface area (Å²) in [6.45, 7) is 14.1. The Balaban J connectivity index is 2.25. The second kappa shape index (κ2) is 21.6. The summed E-state index contributed by atoms with van der Waals surface area (Å²) < 4.78 is 24.2. The molecule has 0 aromatic heterocycles. The van der Waals surface area contributed by atoms with Crippen LogP contribution in [0.3, 0.4) is 0 Å². The third kappa shape index (κ3) is 19.1. The van der Waals surface area contributed by atoms with Crippen LogP contribution in [0.15, 0.2) is 54.6 Å². The number of benzene rings is 2. The molecule has 6 N–H and O–H groups in total. The Labute approximate surface area is 323 Å². The second-order valence-corrected chi connectivity index (χ2v) is 15.8. The number of ether oxygens (including phenoxy) is 2. The number of aliphatic carboxylic acids is 1. The van der Waals surface area contributed by atoms with Crippen molar-refractivity contribution < 1.29 is 47.7 Å². The van der Waals surface area contributed by atoms with Crippen LogP contribution in [-0.4, -0.2) is 82.9 Å². The first-order valence-electron chi connectivity index (χ1n) is 18.5. The topological polar surface area (TPSA) is 201 Å². The standard InChI is InChI=1S/C40H58FN5O9/c1-25(2)22-30(33(47)43-29(36(50)51)16-12-13-21-42-37(52)54-39(3,4)5)44-34(48)31(23-26-14-10-9-11-15-26)45-35(49)32(46-38(53)55-40(6,7)8)24-27-17-19-28(41)20-18-27/h9-11,14-15,17-20,25,29-32H,12-13,16,21-24H2,1-8H3,(H,42,52)(H,43,47)(H,44,48)(H,45,49)(H,46,53)(H,50,51)/t29-,30-,31-,32-/m1/s1. The van der Waals surface area contributed by atoms with Gasteiger partial charge in [-0.1, -0.05) is 56.3 Å². The molecule has 0 saturated carbocycles. The zero-order valence-corrected chi connectivity index (χ0v) is 33.1. The van der Waals surface area contributed by atoms with Crippen molar-refractivity contribution >= 4 is 35.9 Å². The lowest BCUT2D eigenvalue weighted by Crippen LogP contribution is -2.58. The number of carboxylic acid groups (broad SMARTS) is 1. The van der Waals surface area contributed by atoms with Crippen LogP contribution in [0.4, 0.5) is 14.0 Å². The normalized spacial score (nSPS) is 13.7. The number of hydrogen-bond donors (Lipinski definition) is 6. The van der Waals surface area contributed by atoms with Gasteiger partial charge in [-0.3, -0.25) is 14.4 Å². The van der Waals surface area contributed by atoms with Gasteiger partial charge >= 0.3 is 18.2 Å². The van der Waals surface area contributed by atoms with Gasteiger partial charge in [-0.15, -0.1) is 0 Å². The Kier molecular flexibility index (Phi) is 18.1. The molecule has 55 heavy (non-hydrogen) atoms. The van der Waals surface area contributed by atoms with Gasteiger partial charge in [0.05, 0.1) is 0 Å².